The van der Waals surface area contributed by atoms with Crippen molar-refractivity contribution < 1.29 is 4.74 Å². The smallest absolute Gasteiger partial charge is 0.238 e. The van der Waals surface area contributed by atoms with Gasteiger partial charge in [0.25, 0.3) is 0 Å². The molecule has 0 N–H and O–H groups in total. The molecule has 1 aliphatic heterocycles. The molecule has 6 heteroatoms. The number of pyridine rings is 2. The Kier molecular flexibility index (Phi) is 3.06. The minimum atomic E-state index is 0.338. The lowest BCUT2D eigenvalue weighted by Crippen LogP contribution is -2.15. The molecular weight excluding hydrogens is 314 g/mol. The predicted molar refractivity (Wildman–Crippen MR) is 92.2 cm³/mol. The lowest BCUT2D eigenvalue weighted by molar-refractivity contribution is 0.268. The first-order valence-electron chi connectivity index (χ1n) is 7.94. The van der Waals surface area contributed by atoms with Gasteiger partial charge in [0.1, 0.15) is 11.4 Å². The van der Waals surface area contributed by atoms with Crippen molar-refractivity contribution in [2.75, 3.05) is 0 Å². The molecule has 0 radical (unpaired) electrons. The van der Waals surface area contributed by atoms with Crippen molar-refractivity contribution in [1.82, 2.24) is 24.7 Å². The highest BCUT2D eigenvalue weighted by Crippen LogP contribution is 2.34. The number of aromatic nitrogens is 5. The molecule has 1 aromatic carbocycles. The van der Waals surface area contributed by atoms with E-state index in [1.807, 2.05) is 47.2 Å². The van der Waals surface area contributed by atoms with Crippen LogP contribution in [0.3, 0.4) is 0 Å². The monoisotopic (exact) mass is 327 g/mol. The summed E-state index contributed by atoms with van der Waals surface area (Å²) in [5.41, 5.74) is 3.70. The minimum Gasteiger partial charge on any atom is -0.468 e. The van der Waals surface area contributed by atoms with E-state index < -0.39 is 0 Å². The van der Waals surface area contributed by atoms with E-state index in [2.05, 4.69) is 38.4 Å². The van der Waals surface area contributed by atoms with Crippen LogP contribution in [0.4, 0.5) is 0 Å². The highest BCUT2D eigenvalue weighted by atomic mass is 16.5. The van der Waals surface area contributed by atoms with Gasteiger partial charge in [-0.05, 0) is 23.8 Å². The van der Waals surface area contributed by atoms with E-state index >= 15 is 0 Å². The van der Waals surface area contributed by atoms with E-state index in [-0.39, 0.29) is 0 Å². The van der Waals surface area contributed by atoms with E-state index in [9.17, 15) is 0 Å². The SMILES string of the molecule is c1ccc(-c2cnc3c(c2)-n2c(nnc2-c2ccccn2)CO3)cc1. The predicted octanol–water partition coefficient (Wildman–Crippen LogP) is 3.28. The van der Waals surface area contributed by atoms with Crippen LogP contribution in [0.25, 0.3) is 28.3 Å². The summed E-state index contributed by atoms with van der Waals surface area (Å²) in [6.07, 6.45) is 3.57. The minimum absolute atomic E-state index is 0.338. The van der Waals surface area contributed by atoms with Gasteiger partial charge < -0.3 is 4.74 Å². The zero-order chi connectivity index (χ0) is 16.6. The van der Waals surface area contributed by atoms with Crippen LogP contribution in [0.15, 0.2) is 67.0 Å². The molecule has 6 nitrogen and oxygen atoms in total. The summed E-state index contributed by atoms with van der Waals surface area (Å²) in [6, 6.07) is 17.9. The molecule has 0 saturated heterocycles. The van der Waals surface area contributed by atoms with Crippen molar-refractivity contribution >= 4 is 0 Å². The van der Waals surface area contributed by atoms with Gasteiger partial charge in [0.2, 0.25) is 5.88 Å². The maximum atomic E-state index is 5.74. The molecule has 0 fully saturated rings. The lowest BCUT2D eigenvalue weighted by atomic mass is 10.1. The summed E-state index contributed by atoms with van der Waals surface area (Å²) in [4.78, 5) is 8.89. The fourth-order valence-electron chi connectivity index (χ4n) is 2.96. The van der Waals surface area contributed by atoms with Gasteiger partial charge in [-0.2, -0.15) is 0 Å². The van der Waals surface area contributed by atoms with E-state index in [0.29, 0.717) is 18.3 Å². The van der Waals surface area contributed by atoms with Gasteiger partial charge in [0.15, 0.2) is 18.3 Å². The van der Waals surface area contributed by atoms with Gasteiger partial charge in [0.05, 0.1) is 0 Å². The van der Waals surface area contributed by atoms with Crippen LogP contribution < -0.4 is 4.74 Å². The molecule has 0 atom stereocenters. The van der Waals surface area contributed by atoms with Gasteiger partial charge >= 0.3 is 0 Å². The average Bonchev–Trinajstić information content (AvgIpc) is 3.14. The topological polar surface area (TPSA) is 65.7 Å². The Hall–Kier alpha value is -3.54. The third-order valence-electron chi connectivity index (χ3n) is 4.14. The molecule has 1 aliphatic rings. The number of hydrogen-bond acceptors (Lipinski definition) is 5. The maximum Gasteiger partial charge on any atom is 0.238 e. The zero-order valence-corrected chi connectivity index (χ0v) is 13.2. The third kappa shape index (κ3) is 2.27. The van der Waals surface area contributed by atoms with E-state index in [0.717, 1.165) is 28.3 Å². The van der Waals surface area contributed by atoms with Crippen LogP contribution in [-0.4, -0.2) is 24.7 Å². The number of rotatable bonds is 2. The molecule has 5 rings (SSSR count). The largest absolute Gasteiger partial charge is 0.468 e. The van der Waals surface area contributed by atoms with Crippen LogP contribution in [0.1, 0.15) is 5.82 Å². The summed E-state index contributed by atoms with van der Waals surface area (Å²) in [5, 5.41) is 8.57. The van der Waals surface area contributed by atoms with Crippen molar-refractivity contribution in [3.8, 4) is 34.2 Å². The molecule has 25 heavy (non-hydrogen) atoms. The van der Waals surface area contributed by atoms with Gasteiger partial charge in [0, 0.05) is 18.0 Å². The molecular formula is C19H13N5O. The van der Waals surface area contributed by atoms with Gasteiger partial charge in [-0.1, -0.05) is 36.4 Å². The van der Waals surface area contributed by atoms with Crippen molar-refractivity contribution in [2.24, 2.45) is 0 Å². The summed E-state index contributed by atoms with van der Waals surface area (Å²) in [7, 11) is 0. The number of hydrogen-bond donors (Lipinski definition) is 0. The summed E-state index contributed by atoms with van der Waals surface area (Å²) in [5.74, 6) is 2.00. The normalized spacial score (nSPS) is 12.2. The highest BCUT2D eigenvalue weighted by Gasteiger charge is 2.25. The first kappa shape index (κ1) is 13.9. The van der Waals surface area contributed by atoms with Gasteiger partial charge in [-0.3, -0.25) is 9.55 Å². The van der Waals surface area contributed by atoms with Crippen molar-refractivity contribution in [2.45, 2.75) is 6.61 Å². The summed E-state index contributed by atoms with van der Waals surface area (Å²) < 4.78 is 7.71. The van der Waals surface area contributed by atoms with Crippen LogP contribution >= 0.6 is 0 Å². The standard InChI is InChI=1S/C19H13N5O/c1-2-6-13(7-3-1)14-10-16-19(21-11-14)25-12-17-22-23-18(24(16)17)15-8-4-5-9-20-15/h1-11H,12H2. The Labute approximate surface area is 143 Å². The quantitative estimate of drug-likeness (QED) is 0.565. The van der Waals surface area contributed by atoms with E-state index in [1.54, 1.807) is 6.20 Å². The molecule has 0 aliphatic carbocycles. The molecule has 120 valence electrons. The lowest BCUT2D eigenvalue weighted by Gasteiger charge is -2.19. The summed E-state index contributed by atoms with van der Waals surface area (Å²) >= 11 is 0. The Morgan fingerprint density at radius 3 is 2.60 bits per heavy atom. The summed E-state index contributed by atoms with van der Waals surface area (Å²) in [6.45, 7) is 0.338. The first-order valence-corrected chi connectivity index (χ1v) is 7.94. The molecule has 4 aromatic rings. The average molecular weight is 327 g/mol. The van der Waals surface area contributed by atoms with E-state index in [1.165, 1.54) is 0 Å². The Bertz CT molecular complexity index is 1040. The van der Waals surface area contributed by atoms with E-state index in [4.69, 9.17) is 4.74 Å². The first-order chi connectivity index (χ1) is 12.4. The number of benzene rings is 1. The maximum absolute atomic E-state index is 5.74. The number of fused-ring (bicyclic) bond motifs is 3. The van der Waals surface area contributed by atoms with Crippen LogP contribution in [0.2, 0.25) is 0 Å². The second-order valence-corrected chi connectivity index (χ2v) is 5.69. The number of nitrogens with zero attached hydrogens (tertiary/aromatic N) is 5. The molecule has 3 aromatic heterocycles. The Morgan fingerprint density at radius 1 is 0.880 bits per heavy atom. The van der Waals surface area contributed by atoms with Gasteiger partial charge in [-0.15, -0.1) is 10.2 Å². The zero-order valence-electron chi connectivity index (χ0n) is 13.2. The van der Waals surface area contributed by atoms with Gasteiger partial charge in [-0.25, -0.2) is 4.98 Å². The molecule has 0 saturated carbocycles. The number of ether oxygens (including phenoxy) is 1. The molecule has 0 bridgehead atoms. The molecule has 0 amide bonds. The third-order valence-corrected chi connectivity index (χ3v) is 4.14. The second kappa shape index (κ2) is 5.52. The fraction of sp³-hybridized carbons (Fsp3) is 0.0526. The highest BCUT2D eigenvalue weighted by molar-refractivity contribution is 5.68. The fourth-order valence-corrected chi connectivity index (χ4v) is 2.96. The molecule has 0 spiro atoms. The molecule has 4 heterocycles. The van der Waals surface area contributed by atoms with Crippen molar-refractivity contribution in [3.05, 3.63) is 72.8 Å². The van der Waals surface area contributed by atoms with Crippen molar-refractivity contribution in [3.63, 3.8) is 0 Å². The van der Waals surface area contributed by atoms with Crippen LogP contribution in [0, 0.1) is 0 Å². The van der Waals surface area contributed by atoms with Crippen LogP contribution in [-0.2, 0) is 6.61 Å². The van der Waals surface area contributed by atoms with Crippen LogP contribution in [0.5, 0.6) is 5.88 Å². The second-order valence-electron chi connectivity index (χ2n) is 5.69. The Balaban J connectivity index is 1.71. The van der Waals surface area contributed by atoms with Crippen molar-refractivity contribution in [1.29, 1.82) is 0 Å². The Morgan fingerprint density at radius 2 is 1.76 bits per heavy atom. The molecule has 0 unspecified atom stereocenters.